The van der Waals surface area contributed by atoms with Gasteiger partial charge >= 0.3 is 0 Å². The first kappa shape index (κ1) is 20.0. The van der Waals surface area contributed by atoms with E-state index in [1.165, 1.54) is 0 Å². The summed E-state index contributed by atoms with van der Waals surface area (Å²) >= 11 is 0. The Kier molecular flexibility index (Phi) is 6.11. The molecule has 0 radical (unpaired) electrons. The number of nitrogens with one attached hydrogen (secondary N) is 1. The van der Waals surface area contributed by atoms with Gasteiger partial charge in [0.2, 0.25) is 5.91 Å². The Balaban J connectivity index is 1.64. The molecule has 148 valence electrons. The molecule has 2 atom stereocenters. The molecule has 2 aromatic rings. The quantitative estimate of drug-likeness (QED) is 0.823. The molecule has 0 aromatic heterocycles. The molecule has 6 nitrogen and oxygen atoms in total. The van der Waals surface area contributed by atoms with Crippen molar-refractivity contribution in [1.29, 1.82) is 0 Å². The number of aliphatic hydroxyl groups is 1. The van der Waals surface area contributed by atoms with Crippen molar-refractivity contribution >= 4 is 11.8 Å². The van der Waals surface area contributed by atoms with Crippen molar-refractivity contribution in [2.75, 3.05) is 33.7 Å². The second-order valence-electron chi connectivity index (χ2n) is 7.34. The van der Waals surface area contributed by atoms with Crippen molar-refractivity contribution in [3.05, 3.63) is 71.8 Å². The molecule has 3 rings (SSSR count). The molecule has 28 heavy (non-hydrogen) atoms. The van der Waals surface area contributed by atoms with Crippen molar-refractivity contribution in [2.24, 2.45) is 0 Å². The first-order valence-corrected chi connectivity index (χ1v) is 9.47. The largest absolute Gasteiger partial charge is 0.389 e. The molecule has 0 saturated carbocycles. The summed E-state index contributed by atoms with van der Waals surface area (Å²) in [5.74, 6) is -0.470. The third kappa shape index (κ3) is 3.93. The van der Waals surface area contributed by atoms with E-state index in [0.29, 0.717) is 18.5 Å². The minimum absolute atomic E-state index is 0.0826. The van der Waals surface area contributed by atoms with Crippen LogP contribution in [0.5, 0.6) is 0 Å². The van der Waals surface area contributed by atoms with Crippen LogP contribution < -0.4 is 5.32 Å². The maximum Gasteiger partial charge on any atom is 0.251 e. The number of likely N-dealkylation sites (N-methyl/N-ethyl adjacent to an activating group) is 1. The molecule has 1 saturated heterocycles. The summed E-state index contributed by atoms with van der Waals surface area (Å²) in [5.41, 5.74) is 1.02. The van der Waals surface area contributed by atoms with Gasteiger partial charge in [0.15, 0.2) is 0 Å². The predicted molar refractivity (Wildman–Crippen MR) is 108 cm³/mol. The van der Waals surface area contributed by atoms with Gasteiger partial charge in [0.1, 0.15) is 0 Å². The molecule has 1 fully saturated rings. The molecule has 1 aliphatic heterocycles. The third-order valence-corrected chi connectivity index (χ3v) is 5.57. The van der Waals surface area contributed by atoms with Gasteiger partial charge in [0, 0.05) is 18.7 Å². The molecule has 2 aromatic carbocycles. The van der Waals surface area contributed by atoms with Crippen molar-refractivity contribution in [1.82, 2.24) is 15.1 Å². The highest BCUT2D eigenvalue weighted by Gasteiger charge is 2.46. The van der Waals surface area contributed by atoms with Crippen LogP contribution in [-0.4, -0.2) is 66.6 Å². The summed E-state index contributed by atoms with van der Waals surface area (Å²) in [7, 11) is 3.90. The molecule has 2 amide bonds. The second kappa shape index (κ2) is 8.54. The molecule has 0 bridgehead atoms. The number of amides is 2. The van der Waals surface area contributed by atoms with Crippen LogP contribution in [0.25, 0.3) is 0 Å². The van der Waals surface area contributed by atoms with Crippen molar-refractivity contribution in [3.8, 4) is 0 Å². The number of β-amino-alcohol motifs (C(OH)–C–C–N with tert-alkyl or cyclic N) is 1. The Labute approximate surface area is 165 Å². The van der Waals surface area contributed by atoms with E-state index in [9.17, 15) is 14.7 Å². The highest BCUT2D eigenvalue weighted by molar-refractivity contribution is 5.96. The molecule has 0 spiro atoms. The van der Waals surface area contributed by atoms with Crippen LogP contribution in [0.2, 0.25) is 0 Å². The smallest absolute Gasteiger partial charge is 0.251 e. The minimum Gasteiger partial charge on any atom is -0.389 e. The normalized spacial score (nSPS) is 22.1. The maximum atomic E-state index is 12.6. The number of rotatable bonds is 5. The Morgan fingerprint density at radius 3 is 2.29 bits per heavy atom. The highest BCUT2D eigenvalue weighted by atomic mass is 16.3. The van der Waals surface area contributed by atoms with Crippen LogP contribution in [0.3, 0.4) is 0 Å². The van der Waals surface area contributed by atoms with Gasteiger partial charge in [-0.05, 0) is 38.2 Å². The fourth-order valence-electron chi connectivity index (χ4n) is 3.95. The summed E-state index contributed by atoms with van der Waals surface area (Å²) in [6, 6.07) is 18.7. The molecule has 1 heterocycles. The number of hydrogen-bond donors (Lipinski definition) is 2. The first-order valence-electron chi connectivity index (χ1n) is 9.47. The van der Waals surface area contributed by atoms with Crippen molar-refractivity contribution in [2.45, 2.75) is 18.1 Å². The van der Waals surface area contributed by atoms with Crippen LogP contribution in [0.1, 0.15) is 22.3 Å². The zero-order valence-electron chi connectivity index (χ0n) is 16.3. The lowest BCUT2D eigenvalue weighted by Crippen LogP contribution is -2.61. The number of piperidine rings is 1. The predicted octanol–water partition coefficient (Wildman–Crippen LogP) is 1.47. The average Bonchev–Trinajstić information content (AvgIpc) is 2.72. The van der Waals surface area contributed by atoms with Gasteiger partial charge in [-0.1, -0.05) is 48.5 Å². The lowest BCUT2D eigenvalue weighted by atomic mass is 9.77. The lowest BCUT2D eigenvalue weighted by molar-refractivity contribution is -0.139. The highest BCUT2D eigenvalue weighted by Crippen LogP contribution is 2.37. The Morgan fingerprint density at radius 1 is 1.11 bits per heavy atom. The number of hydrogen-bond acceptors (Lipinski definition) is 4. The second-order valence-corrected chi connectivity index (χ2v) is 7.34. The summed E-state index contributed by atoms with van der Waals surface area (Å²) in [6.07, 6.45) is -0.115. The molecule has 6 heteroatoms. The number of aliphatic hydroxyl groups excluding tert-OH is 1. The van der Waals surface area contributed by atoms with E-state index >= 15 is 0 Å². The molecule has 0 unspecified atom stereocenters. The van der Waals surface area contributed by atoms with E-state index in [1.807, 2.05) is 55.4 Å². The fourth-order valence-corrected chi connectivity index (χ4v) is 3.95. The number of likely N-dealkylation sites (tertiary alicyclic amines) is 1. The molecular weight excluding hydrogens is 354 g/mol. The lowest BCUT2D eigenvalue weighted by Gasteiger charge is -2.49. The van der Waals surface area contributed by atoms with Crippen LogP contribution in [0, 0.1) is 0 Å². The summed E-state index contributed by atoms with van der Waals surface area (Å²) in [5, 5.41) is 13.7. The number of carbonyl (C=O) groups excluding carboxylic acids is 2. The Bertz CT molecular complexity index is 810. The van der Waals surface area contributed by atoms with Gasteiger partial charge in [-0.2, -0.15) is 0 Å². The van der Waals surface area contributed by atoms with E-state index in [0.717, 1.165) is 5.56 Å². The van der Waals surface area contributed by atoms with E-state index in [1.54, 1.807) is 29.2 Å². The SMILES string of the molecule is CN(C)[C@]1(c2ccccc2)CCN(C(=O)CNC(=O)c2ccccc2)C[C@H]1O. The van der Waals surface area contributed by atoms with Gasteiger partial charge in [-0.15, -0.1) is 0 Å². The van der Waals surface area contributed by atoms with E-state index in [2.05, 4.69) is 5.32 Å². The van der Waals surface area contributed by atoms with Crippen molar-refractivity contribution < 1.29 is 14.7 Å². The average molecular weight is 381 g/mol. The summed E-state index contributed by atoms with van der Waals surface area (Å²) in [6.45, 7) is 0.665. The zero-order chi connectivity index (χ0) is 20.1. The first-order chi connectivity index (χ1) is 13.4. The zero-order valence-corrected chi connectivity index (χ0v) is 16.3. The number of carbonyl (C=O) groups is 2. The fraction of sp³-hybridized carbons (Fsp3) is 0.364. The summed E-state index contributed by atoms with van der Waals surface area (Å²) < 4.78 is 0. The maximum absolute atomic E-state index is 12.6. The van der Waals surface area contributed by atoms with Crippen LogP contribution in [0.15, 0.2) is 60.7 Å². The summed E-state index contributed by atoms with van der Waals surface area (Å²) in [4.78, 5) is 28.4. The Hall–Kier alpha value is -2.70. The van der Waals surface area contributed by atoms with Crippen molar-refractivity contribution in [3.63, 3.8) is 0 Å². The van der Waals surface area contributed by atoms with Gasteiger partial charge in [-0.3, -0.25) is 14.5 Å². The monoisotopic (exact) mass is 381 g/mol. The van der Waals surface area contributed by atoms with Gasteiger partial charge < -0.3 is 15.3 Å². The topological polar surface area (TPSA) is 72.9 Å². The van der Waals surface area contributed by atoms with Crippen LogP contribution in [0.4, 0.5) is 0 Å². The van der Waals surface area contributed by atoms with E-state index in [4.69, 9.17) is 0 Å². The number of benzene rings is 2. The minimum atomic E-state index is -0.729. The van der Waals surface area contributed by atoms with Gasteiger partial charge in [0.05, 0.1) is 18.2 Å². The van der Waals surface area contributed by atoms with Gasteiger partial charge in [0.25, 0.3) is 5.91 Å². The third-order valence-electron chi connectivity index (χ3n) is 5.57. The Morgan fingerprint density at radius 2 is 1.71 bits per heavy atom. The molecule has 1 aliphatic rings. The van der Waals surface area contributed by atoms with E-state index < -0.39 is 11.6 Å². The standard InChI is InChI=1S/C22H27N3O3/c1-24(2)22(18-11-7-4-8-12-18)13-14-25(16-19(22)26)20(27)15-23-21(28)17-9-5-3-6-10-17/h3-12,19,26H,13-16H2,1-2H3,(H,23,28)/t19-,22+/m1/s1. The van der Waals surface area contributed by atoms with Gasteiger partial charge in [-0.25, -0.2) is 0 Å². The molecule has 2 N–H and O–H groups in total. The molecular formula is C22H27N3O3. The molecule has 0 aliphatic carbocycles. The number of nitrogens with zero attached hydrogens (tertiary/aromatic N) is 2. The van der Waals surface area contributed by atoms with E-state index in [-0.39, 0.29) is 24.9 Å². The van der Waals surface area contributed by atoms with Crippen LogP contribution >= 0.6 is 0 Å². The van der Waals surface area contributed by atoms with Crippen LogP contribution in [-0.2, 0) is 10.3 Å².